The minimum atomic E-state index is 0.0904. The lowest BCUT2D eigenvalue weighted by molar-refractivity contribution is -0.118. The number of Topliss-reactive ketones (excluding diaryl/α,β-unsaturated/α-hetero) is 1. The highest BCUT2D eigenvalue weighted by Gasteiger charge is 2.23. The van der Waals surface area contributed by atoms with Gasteiger partial charge in [-0.05, 0) is 19.4 Å². The Morgan fingerprint density at radius 3 is 2.09 bits per heavy atom. The van der Waals surface area contributed by atoms with Gasteiger partial charge in [0.1, 0.15) is 5.78 Å². The van der Waals surface area contributed by atoms with Crippen molar-refractivity contribution in [2.75, 3.05) is 12.5 Å². The highest BCUT2D eigenvalue weighted by molar-refractivity contribution is 8.17. The van der Waals surface area contributed by atoms with E-state index in [2.05, 4.69) is 19.4 Å². The molecule has 0 amide bonds. The van der Waals surface area contributed by atoms with E-state index in [1.807, 2.05) is 6.92 Å². The molecule has 0 bridgehead atoms. The van der Waals surface area contributed by atoms with Crippen LogP contribution in [-0.4, -0.2) is 22.4 Å². The standard InChI is InChI=1S/C8H16OS2/c1-5-7(9)6-8(2,10-3)11-4/h5-6H2,1-4H3. The molecule has 0 aliphatic heterocycles. The van der Waals surface area contributed by atoms with E-state index < -0.39 is 0 Å². The minimum absolute atomic E-state index is 0.0904. The first-order valence-electron chi connectivity index (χ1n) is 3.70. The molecule has 0 aromatic heterocycles. The van der Waals surface area contributed by atoms with Crippen molar-refractivity contribution in [1.82, 2.24) is 0 Å². The van der Waals surface area contributed by atoms with Crippen LogP contribution < -0.4 is 0 Å². The summed E-state index contributed by atoms with van der Waals surface area (Å²) in [5, 5.41) is 0. The predicted molar refractivity (Wildman–Crippen MR) is 55.4 cm³/mol. The van der Waals surface area contributed by atoms with Crippen LogP contribution in [-0.2, 0) is 4.79 Å². The van der Waals surface area contributed by atoms with Gasteiger partial charge in [0, 0.05) is 12.8 Å². The monoisotopic (exact) mass is 192 g/mol. The zero-order valence-electron chi connectivity index (χ0n) is 7.64. The second-order valence-corrected chi connectivity index (χ2v) is 5.49. The highest BCUT2D eigenvalue weighted by Crippen LogP contribution is 2.36. The van der Waals surface area contributed by atoms with Crippen molar-refractivity contribution >= 4 is 29.3 Å². The largest absolute Gasteiger partial charge is 0.300 e. The summed E-state index contributed by atoms with van der Waals surface area (Å²) in [6.45, 7) is 4.04. The van der Waals surface area contributed by atoms with E-state index in [0.29, 0.717) is 18.6 Å². The predicted octanol–water partition coefficient (Wildman–Crippen LogP) is 2.80. The quantitative estimate of drug-likeness (QED) is 0.624. The van der Waals surface area contributed by atoms with Crippen LogP contribution in [0, 0.1) is 0 Å². The van der Waals surface area contributed by atoms with Gasteiger partial charge in [0.2, 0.25) is 0 Å². The zero-order chi connectivity index (χ0) is 8.91. The number of rotatable bonds is 5. The van der Waals surface area contributed by atoms with Crippen molar-refractivity contribution < 1.29 is 4.79 Å². The molecule has 0 aromatic rings. The number of ketones is 1. The molecule has 0 saturated carbocycles. The Kier molecular flexibility index (Phi) is 5.26. The third-order valence-electron chi connectivity index (χ3n) is 1.78. The van der Waals surface area contributed by atoms with Crippen molar-refractivity contribution in [2.24, 2.45) is 0 Å². The molecule has 0 atom stereocenters. The number of carbonyl (C=O) groups is 1. The maximum absolute atomic E-state index is 11.1. The average Bonchev–Trinajstić information content (AvgIpc) is 2.04. The molecule has 0 heterocycles. The van der Waals surface area contributed by atoms with Gasteiger partial charge >= 0.3 is 0 Å². The molecule has 0 rings (SSSR count). The summed E-state index contributed by atoms with van der Waals surface area (Å²) in [7, 11) is 0. The topological polar surface area (TPSA) is 17.1 Å². The first-order valence-corrected chi connectivity index (χ1v) is 6.15. The molecule has 0 radical (unpaired) electrons. The Morgan fingerprint density at radius 1 is 1.36 bits per heavy atom. The van der Waals surface area contributed by atoms with E-state index in [1.54, 1.807) is 23.5 Å². The second kappa shape index (κ2) is 5.09. The number of thioether (sulfide) groups is 2. The maximum Gasteiger partial charge on any atom is 0.134 e. The molecule has 0 saturated heterocycles. The Balaban J connectivity index is 3.96. The van der Waals surface area contributed by atoms with Crippen LogP contribution in [0.2, 0.25) is 0 Å². The molecule has 1 nitrogen and oxygen atoms in total. The third kappa shape index (κ3) is 4.06. The first-order chi connectivity index (χ1) is 5.08. The first kappa shape index (κ1) is 11.4. The van der Waals surface area contributed by atoms with Gasteiger partial charge in [-0.15, -0.1) is 23.5 Å². The summed E-state index contributed by atoms with van der Waals surface area (Å²) >= 11 is 3.52. The van der Waals surface area contributed by atoms with Gasteiger partial charge in [0.15, 0.2) is 0 Å². The second-order valence-electron chi connectivity index (χ2n) is 2.61. The lowest BCUT2D eigenvalue weighted by atomic mass is 10.2. The van der Waals surface area contributed by atoms with E-state index in [0.717, 1.165) is 0 Å². The molecule has 11 heavy (non-hydrogen) atoms. The van der Waals surface area contributed by atoms with Crippen LogP contribution in [0.15, 0.2) is 0 Å². The van der Waals surface area contributed by atoms with Gasteiger partial charge in [0.05, 0.1) is 4.08 Å². The lowest BCUT2D eigenvalue weighted by Gasteiger charge is -2.23. The molecule has 0 spiro atoms. The van der Waals surface area contributed by atoms with E-state index in [-0.39, 0.29) is 4.08 Å². The lowest BCUT2D eigenvalue weighted by Crippen LogP contribution is -2.18. The summed E-state index contributed by atoms with van der Waals surface area (Å²) in [6, 6.07) is 0. The summed E-state index contributed by atoms with van der Waals surface area (Å²) in [6.07, 6.45) is 5.46. The van der Waals surface area contributed by atoms with E-state index >= 15 is 0 Å². The van der Waals surface area contributed by atoms with Crippen molar-refractivity contribution in [2.45, 2.75) is 30.8 Å². The highest BCUT2D eigenvalue weighted by atomic mass is 32.2. The van der Waals surface area contributed by atoms with Crippen LogP contribution in [0.25, 0.3) is 0 Å². The van der Waals surface area contributed by atoms with Gasteiger partial charge in [-0.1, -0.05) is 6.92 Å². The Bertz CT molecular complexity index is 130. The third-order valence-corrected chi connectivity index (χ3v) is 4.79. The van der Waals surface area contributed by atoms with Crippen molar-refractivity contribution in [3.8, 4) is 0 Å². The average molecular weight is 192 g/mol. The van der Waals surface area contributed by atoms with E-state index in [4.69, 9.17) is 0 Å². The molecule has 0 aliphatic rings. The summed E-state index contributed by atoms with van der Waals surface area (Å²) in [5.41, 5.74) is 0. The van der Waals surface area contributed by atoms with Gasteiger partial charge in [-0.3, -0.25) is 4.79 Å². The normalized spacial score (nSPS) is 11.6. The molecular formula is C8H16OS2. The van der Waals surface area contributed by atoms with Crippen molar-refractivity contribution in [3.05, 3.63) is 0 Å². The Hall–Kier alpha value is 0.370. The van der Waals surface area contributed by atoms with Crippen LogP contribution in [0.1, 0.15) is 26.7 Å². The minimum Gasteiger partial charge on any atom is -0.300 e. The molecule has 0 unspecified atom stereocenters. The fourth-order valence-electron chi connectivity index (χ4n) is 0.711. The summed E-state index contributed by atoms with van der Waals surface area (Å²) < 4.78 is 0.0904. The number of carbonyl (C=O) groups excluding carboxylic acids is 1. The van der Waals surface area contributed by atoms with E-state index in [9.17, 15) is 4.79 Å². The van der Waals surface area contributed by atoms with Crippen molar-refractivity contribution in [3.63, 3.8) is 0 Å². The maximum atomic E-state index is 11.1. The van der Waals surface area contributed by atoms with Crippen LogP contribution in [0.5, 0.6) is 0 Å². The molecular weight excluding hydrogens is 176 g/mol. The summed E-state index contributed by atoms with van der Waals surface area (Å²) in [5.74, 6) is 0.358. The van der Waals surface area contributed by atoms with Crippen LogP contribution >= 0.6 is 23.5 Å². The van der Waals surface area contributed by atoms with Crippen molar-refractivity contribution in [1.29, 1.82) is 0 Å². The molecule has 66 valence electrons. The fraction of sp³-hybridized carbons (Fsp3) is 0.875. The number of hydrogen-bond donors (Lipinski definition) is 0. The fourth-order valence-corrected chi connectivity index (χ4v) is 1.99. The van der Waals surface area contributed by atoms with Gasteiger partial charge in [-0.2, -0.15) is 0 Å². The Labute approximate surface area is 77.7 Å². The molecule has 0 N–H and O–H groups in total. The Morgan fingerprint density at radius 2 is 1.82 bits per heavy atom. The smallest absolute Gasteiger partial charge is 0.134 e. The SMILES string of the molecule is CCC(=O)CC(C)(SC)SC. The van der Waals surface area contributed by atoms with Crippen LogP contribution in [0.3, 0.4) is 0 Å². The molecule has 3 heteroatoms. The molecule has 0 fully saturated rings. The zero-order valence-corrected chi connectivity index (χ0v) is 9.27. The van der Waals surface area contributed by atoms with Gasteiger partial charge in [0.25, 0.3) is 0 Å². The molecule has 0 aliphatic carbocycles. The van der Waals surface area contributed by atoms with Gasteiger partial charge in [-0.25, -0.2) is 0 Å². The van der Waals surface area contributed by atoms with E-state index in [1.165, 1.54) is 0 Å². The van der Waals surface area contributed by atoms with Gasteiger partial charge < -0.3 is 0 Å². The van der Waals surface area contributed by atoms with Crippen LogP contribution in [0.4, 0.5) is 0 Å². The molecule has 0 aromatic carbocycles. The summed E-state index contributed by atoms with van der Waals surface area (Å²) in [4.78, 5) is 11.1. The number of hydrogen-bond acceptors (Lipinski definition) is 3.